The molecule has 0 atom stereocenters. The molecular formula is C23H19N5O. The molecule has 3 aromatic carbocycles. The maximum Gasteiger partial charge on any atom is 0.148 e. The van der Waals surface area contributed by atoms with Crippen LogP contribution in [0.25, 0.3) is 16.7 Å². The van der Waals surface area contributed by atoms with Crippen molar-refractivity contribution in [2.24, 2.45) is 0 Å². The fourth-order valence-electron chi connectivity index (χ4n) is 3.29. The molecule has 0 aliphatic carbocycles. The number of fused-ring (bicyclic) bond motifs is 1. The van der Waals surface area contributed by atoms with Crippen LogP contribution < -0.4 is 4.74 Å². The van der Waals surface area contributed by atoms with E-state index in [1.165, 1.54) is 0 Å². The molecule has 6 heteroatoms. The lowest BCUT2D eigenvalue weighted by atomic mass is 10.3. The molecule has 0 radical (unpaired) electrons. The Morgan fingerprint density at radius 2 is 1.52 bits per heavy atom. The van der Waals surface area contributed by atoms with Crippen molar-refractivity contribution in [3.8, 4) is 11.4 Å². The molecule has 0 N–H and O–H groups in total. The molecule has 5 rings (SSSR count). The number of rotatable bonds is 6. The molecule has 6 nitrogen and oxygen atoms in total. The highest BCUT2D eigenvalue weighted by Crippen LogP contribution is 2.19. The van der Waals surface area contributed by atoms with Gasteiger partial charge in [0.05, 0.1) is 29.5 Å². The van der Waals surface area contributed by atoms with Gasteiger partial charge in [0.2, 0.25) is 0 Å². The van der Waals surface area contributed by atoms with Crippen molar-refractivity contribution in [1.82, 2.24) is 24.5 Å². The molecule has 0 bridgehead atoms. The van der Waals surface area contributed by atoms with Crippen molar-refractivity contribution in [2.75, 3.05) is 0 Å². The van der Waals surface area contributed by atoms with Crippen LogP contribution in [0, 0.1) is 0 Å². The summed E-state index contributed by atoms with van der Waals surface area (Å²) in [5.74, 6) is 1.67. The van der Waals surface area contributed by atoms with Gasteiger partial charge in [-0.3, -0.25) is 0 Å². The van der Waals surface area contributed by atoms with Gasteiger partial charge in [0.1, 0.15) is 23.9 Å². The Kier molecular flexibility index (Phi) is 4.50. The van der Waals surface area contributed by atoms with Crippen molar-refractivity contribution >= 4 is 11.0 Å². The number of imidazole rings is 1. The molecule has 0 saturated carbocycles. The Labute approximate surface area is 168 Å². The summed E-state index contributed by atoms with van der Waals surface area (Å²) in [6.07, 6.45) is 1.80. The van der Waals surface area contributed by atoms with Crippen molar-refractivity contribution < 1.29 is 4.74 Å². The highest BCUT2D eigenvalue weighted by Gasteiger charge is 2.13. The number of benzene rings is 3. The van der Waals surface area contributed by atoms with Crippen molar-refractivity contribution in [2.45, 2.75) is 13.2 Å². The fourth-order valence-corrected chi connectivity index (χ4v) is 3.29. The van der Waals surface area contributed by atoms with Crippen LogP contribution in [0.15, 0.2) is 91.1 Å². The molecule has 0 amide bonds. The lowest BCUT2D eigenvalue weighted by molar-refractivity contribution is 0.291. The molecule has 2 heterocycles. The predicted molar refractivity (Wildman–Crippen MR) is 111 cm³/mol. The van der Waals surface area contributed by atoms with Gasteiger partial charge in [-0.05, 0) is 36.4 Å². The summed E-state index contributed by atoms with van der Waals surface area (Å²) in [6.45, 7) is 0.951. The van der Waals surface area contributed by atoms with Crippen LogP contribution in [-0.2, 0) is 13.2 Å². The first-order chi connectivity index (χ1) is 14.4. The highest BCUT2D eigenvalue weighted by atomic mass is 16.5. The van der Waals surface area contributed by atoms with Crippen molar-refractivity contribution in [3.05, 3.63) is 103 Å². The van der Waals surface area contributed by atoms with Gasteiger partial charge in [0, 0.05) is 0 Å². The number of hydrogen-bond acceptors (Lipinski definition) is 4. The van der Waals surface area contributed by atoms with Crippen LogP contribution in [0.1, 0.15) is 11.5 Å². The molecule has 0 fully saturated rings. The second kappa shape index (κ2) is 7.59. The Hall–Kier alpha value is -3.93. The predicted octanol–water partition coefficient (Wildman–Crippen LogP) is 4.24. The monoisotopic (exact) mass is 381 g/mol. The lowest BCUT2D eigenvalue weighted by Crippen LogP contribution is -2.09. The summed E-state index contributed by atoms with van der Waals surface area (Å²) >= 11 is 0. The molecule has 0 spiro atoms. The van der Waals surface area contributed by atoms with Gasteiger partial charge in [0.25, 0.3) is 0 Å². The quantitative estimate of drug-likeness (QED) is 0.441. The largest absolute Gasteiger partial charge is 0.486 e. The first-order valence-corrected chi connectivity index (χ1v) is 9.45. The smallest absolute Gasteiger partial charge is 0.148 e. The third-order valence-corrected chi connectivity index (χ3v) is 4.69. The fraction of sp³-hybridized carbons (Fsp3) is 0.0870. The van der Waals surface area contributed by atoms with Gasteiger partial charge in [0.15, 0.2) is 0 Å². The topological polar surface area (TPSA) is 57.8 Å². The van der Waals surface area contributed by atoms with Gasteiger partial charge < -0.3 is 9.30 Å². The average Bonchev–Trinajstić information content (AvgIpc) is 3.39. The molecule has 2 aromatic heterocycles. The minimum Gasteiger partial charge on any atom is -0.486 e. The van der Waals surface area contributed by atoms with Gasteiger partial charge in [-0.15, -0.1) is 0 Å². The summed E-state index contributed by atoms with van der Waals surface area (Å²) in [5.41, 5.74) is 3.78. The van der Waals surface area contributed by atoms with E-state index in [0.29, 0.717) is 13.2 Å². The maximum atomic E-state index is 5.95. The Balaban J connectivity index is 1.45. The normalized spacial score (nSPS) is 11.0. The summed E-state index contributed by atoms with van der Waals surface area (Å²) in [6, 6.07) is 27.7. The molecule has 29 heavy (non-hydrogen) atoms. The molecule has 5 aromatic rings. The standard InChI is InChI=1S/C23H19N5O/c1-3-9-19(10-4-1)28-24-15-18(26-28)16-27-22-14-8-7-13-21(22)25-23(27)17-29-20-11-5-2-6-12-20/h1-15H,16-17H2. The third-order valence-electron chi connectivity index (χ3n) is 4.69. The second-order valence-corrected chi connectivity index (χ2v) is 6.67. The minimum absolute atomic E-state index is 0.380. The zero-order valence-corrected chi connectivity index (χ0v) is 15.7. The van der Waals surface area contributed by atoms with E-state index in [1.807, 2.05) is 78.9 Å². The zero-order chi connectivity index (χ0) is 19.5. The van der Waals surface area contributed by atoms with Gasteiger partial charge >= 0.3 is 0 Å². The number of hydrogen-bond donors (Lipinski definition) is 0. The summed E-state index contributed by atoms with van der Waals surface area (Å²) in [4.78, 5) is 6.42. The van der Waals surface area contributed by atoms with E-state index in [9.17, 15) is 0 Å². The molecule has 0 aliphatic heterocycles. The van der Waals surface area contributed by atoms with E-state index in [1.54, 1.807) is 11.0 Å². The SMILES string of the molecule is c1ccc(OCc2nc3ccccc3n2Cc2cnn(-c3ccccc3)n2)cc1. The van der Waals surface area contributed by atoms with Crippen LogP contribution in [0.3, 0.4) is 0 Å². The molecule has 0 unspecified atom stereocenters. The van der Waals surface area contributed by atoms with Crippen LogP contribution in [0.4, 0.5) is 0 Å². The Morgan fingerprint density at radius 1 is 0.793 bits per heavy atom. The first kappa shape index (κ1) is 17.2. The van der Waals surface area contributed by atoms with E-state index < -0.39 is 0 Å². The van der Waals surface area contributed by atoms with E-state index in [2.05, 4.69) is 20.8 Å². The Morgan fingerprint density at radius 3 is 2.34 bits per heavy atom. The first-order valence-electron chi connectivity index (χ1n) is 9.45. The number of nitrogens with zero attached hydrogens (tertiary/aromatic N) is 5. The van der Waals surface area contributed by atoms with Gasteiger partial charge in [-0.1, -0.05) is 48.5 Å². The van der Waals surface area contributed by atoms with Crippen LogP contribution in [-0.4, -0.2) is 24.5 Å². The lowest BCUT2D eigenvalue weighted by Gasteiger charge is -2.09. The number of ether oxygens (including phenoxy) is 1. The Bertz CT molecular complexity index is 1230. The maximum absolute atomic E-state index is 5.95. The zero-order valence-electron chi connectivity index (χ0n) is 15.7. The third kappa shape index (κ3) is 3.60. The van der Waals surface area contributed by atoms with E-state index in [0.717, 1.165) is 34.0 Å². The van der Waals surface area contributed by atoms with Crippen LogP contribution in [0.5, 0.6) is 5.75 Å². The number of aromatic nitrogens is 5. The van der Waals surface area contributed by atoms with Crippen molar-refractivity contribution in [3.63, 3.8) is 0 Å². The summed E-state index contributed by atoms with van der Waals surface area (Å²) in [5, 5.41) is 9.05. The molecular weight excluding hydrogens is 362 g/mol. The van der Waals surface area contributed by atoms with Gasteiger partial charge in [-0.2, -0.15) is 15.0 Å². The van der Waals surface area contributed by atoms with Gasteiger partial charge in [-0.25, -0.2) is 4.98 Å². The molecule has 142 valence electrons. The highest BCUT2D eigenvalue weighted by molar-refractivity contribution is 5.76. The molecule has 0 saturated heterocycles. The van der Waals surface area contributed by atoms with E-state index in [-0.39, 0.29) is 0 Å². The summed E-state index contributed by atoms with van der Waals surface area (Å²) < 4.78 is 8.09. The van der Waals surface area contributed by atoms with E-state index >= 15 is 0 Å². The summed E-state index contributed by atoms with van der Waals surface area (Å²) in [7, 11) is 0. The minimum atomic E-state index is 0.380. The van der Waals surface area contributed by atoms with Crippen molar-refractivity contribution in [1.29, 1.82) is 0 Å². The van der Waals surface area contributed by atoms with E-state index in [4.69, 9.17) is 9.72 Å². The van der Waals surface area contributed by atoms with Crippen LogP contribution in [0.2, 0.25) is 0 Å². The second-order valence-electron chi connectivity index (χ2n) is 6.67. The number of para-hydroxylation sites is 4. The van der Waals surface area contributed by atoms with Crippen LogP contribution >= 0.6 is 0 Å². The molecule has 0 aliphatic rings. The average molecular weight is 381 g/mol.